The first kappa shape index (κ1) is 9.62. The molecule has 1 amide bonds. The van der Waals surface area contributed by atoms with Gasteiger partial charge in [0.05, 0.1) is 6.54 Å². The van der Waals surface area contributed by atoms with Gasteiger partial charge in [-0.25, -0.2) is 8.78 Å². The second-order valence-electron chi connectivity index (χ2n) is 1.80. The van der Waals surface area contributed by atoms with Crippen molar-refractivity contribution in [2.24, 2.45) is 0 Å². The number of carbonyl (C=O) groups is 1. The van der Waals surface area contributed by atoms with E-state index >= 15 is 0 Å². The van der Waals surface area contributed by atoms with E-state index in [2.05, 4.69) is 0 Å². The third kappa shape index (κ3) is 3.61. The number of halogens is 3. The zero-order valence-electron chi connectivity index (χ0n) is 5.48. The highest BCUT2D eigenvalue weighted by atomic mass is 35.5. The molecule has 0 spiro atoms. The van der Waals surface area contributed by atoms with Gasteiger partial charge in [0.25, 0.3) is 6.43 Å². The van der Waals surface area contributed by atoms with Crippen molar-refractivity contribution in [1.29, 1.82) is 0 Å². The van der Waals surface area contributed by atoms with E-state index in [9.17, 15) is 13.6 Å². The average molecular weight is 172 g/mol. The van der Waals surface area contributed by atoms with Crippen LogP contribution in [-0.2, 0) is 4.79 Å². The van der Waals surface area contributed by atoms with Crippen LogP contribution in [0.15, 0.2) is 0 Å². The molecular weight excluding hydrogens is 164 g/mol. The Bertz CT molecular complexity index is 120. The molecule has 0 fully saturated rings. The van der Waals surface area contributed by atoms with Gasteiger partial charge in [-0.2, -0.15) is 0 Å². The fourth-order valence-corrected chi connectivity index (χ4v) is 0.615. The molecule has 0 saturated heterocycles. The minimum absolute atomic E-state index is 0.247. The lowest BCUT2D eigenvalue weighted by molar-refractivity contribution is -0.128. The topological polar surface area (TPSA) is 20.3 Å². The molecule has 0 N–H and O–H groups in total. The molecule has 0 aliphatic carbocycles. The highest BCUT2D eigenvalue weighted by Crippen LogP contribution is 1.96. The Morgan fingerprint density at radius 2 is 2.20 bits per heavy atom. The first-order chi connectivity index (χ1) is 4.57. The summed E-state index contributed by atoms with van der Waals surface area (Å²) in [5, 5.41) is 0. The van der Waals surface area contributed by atoms with E-state index in [4.69, 9.17) is 11.6 Å². The summed E-state index contributed by atoms with van der Waals surface area (Å²) in [6.45, 7) is -0.550. The van der Waals surface area contributed by atoms with Gasteiger partial charge in [0.2, 0.25) is 5.91 Å². The number of amides is 1. The van der Waals surface area contributed by atoms with Crippen LogP contribution in [0.2, 0.25) is 0 Å². The molecular formula is C5H8ClF2NO. The van der Waals surface area contributed by atoms with Gasteiger partial charge in [0.1, 0.15) is 5.88 Å². The van der Waals surface area contributed by atoms with Gasteiger partial charge in [0, 0.05) is 7.05 Å². The summed E-state index contributed by atoms with van der Waals surface area (Å²) in [4.78, 5) is 11.4. The van der Waals surface area contributed by atoms with Crippen LogP contribution in [0, 0.1) is 0 Å². The van der Waals surface area contributed by atoms with Crippen LogP contribution in [-0.4, -0.2) is 36.7 Å². The fourth-order valence-electron chi connectivity index (χ4n) is 0.411. The number of alkyl halides is 3. The summed E-state index contributed by atoms with van der Waals surface area (Å²) in [6.07, 6.45) is -2.49. The third-order valence-corrected chi connectivity index (χ3v) is 1.18. The summed E-state index contributed by atoms with van der Waals surface area (Å²) in [7, 11) is 1.29. The quantitative estimate of drug-likeness (QED) is 0.579. The van der Waals surface area contributed by atoms with Crippen molar-refractivity contribution in [3.63, 3.8) is 0 Å². The molecule has 0 bridgehead atoms. The maximum Gasteiger partial charge on any atom is 0.255 e. The SMILES string of the molecule is CN(CC(F)F)C(=O)CCl. The van der Waals surface area contributed by atoms with Crippen LogP contribution in [0.4, 0.5) is 8.78 Å². The molecule has 0 aliphatic rings. The van der Waals surface area contributed by atoms with Crippen molar-refractivity contribution in [2.75, 3.05) is 19.5 Å². The largest absolute Gasteiger partial charge is 0.339 e. The predicted molar refractivity (Wildman–Crippen MR) is 34.4 cm³/mol. The van der Waals surface area contributed by atoms with Gasteiger partial charge >= 0.3 is 0 Å². The van der Waals surface area contributed by atoms with E-state index in [1.807, 2.05) is 0 Å². The Balaban J connectivity index is 3.61. The molecule has 0 aromatic heterocycles. The molecule has 10 heavy (non-hydrogen) atoms. The maximum atomic E-state index is 11.5. The lowest BCUT2D eigenvalue weighted by Crippen LogP contribution is -2.31. The van der Waals surface area contributed by atoms with Gasteiger partial charge in [-0.05, 0) is 0 Å². The van der Waals surface area contributed by atoms with Crippen LogP contribution >= 0.6 is 11.6 Å². The standard InChI is InChI=1S/C5H8ClF2NO/c1-9(3-4(7)8)5(10)2-6/h4H,2-3H2,1H3. The number of carbonyl (C=O) groups excluding carboxylic acids is 1. The van der Waals surface area contributed by atoms with Gasteiger partial charge < -0.3 is 4.90 Å². The zero-order chi connectivity index (χ0) is 8.15. The Morgan fingerprint density at radius 3 is 2.50 bits per heavy atom. The first-order valence-corrected chi connectivity index (χ1v) is 3.19. The molecule has 0 heterocycles. The van der Waals surface area contributed by atoms with Gasteiger partial charge in [0.15, 0.2) is 0 Å². The molecule has 5 heteroatoms. The zero-order valence-corrected chi connectivity index (χ0v) is 6.24. The normalized spacial score (nSPS) is 10.1. The summed E-state index contributed by atoms with van der Waals surface area (Å²) in [5.74, 6) is -0.731. The third-order valence-electron chi connectivity index (χ3n) is 0.952. The smallest absolute Gasteiger partial charge is 0.255 e. The van der Waals surface area contributed by atoms with Crippen LogP contribution in [0.5, 0.6) is 0 Å². The lowest BCUT2D eigenvalue weighted by atomic mass is 10.5. The monoisotopic (exact) mass is 171 g/mol. The molecule has 0 aromatic rings. The minimum atomic E-state index is -2.49. The summed E-state index contributed by atoms with van der Waals surface area (Å²) in [6, 6.07) is 0. The molecule has 0 unspecified atom stereocenters. The summed E-state index contributed by atoms with van der Waals surface area (Å²) < 4.78 is 23.1. The molecule has 0 aromatic carbocycles. The van der Waals surface area contributed by atoms with E-state index in [1.54, 1.807) is 0 Å². The Hall–Kier alpha value is -0.380. The number of rotatable bonds is 3. The molecule has 0 radical (unpaired) electrons. The van der Waals surface area contributed by atoms with Crippen LogP contribution in [0.3, 0.4) is 0 Å². The van der Waals surface area contributed by atoms with E-state index in [-0.39, 0.29) is 5.88 Å². The van der Waals surface area contributed by atoms with Crippen LogP contribution < -0.4 is 0 Å². The summed E-state index contributed by atoms with van der Waals surface area (Å²) >= 11 is 5.09. The second kappa shape index (κ2) is 4.44. The molecule has 60 valence electrons. The average Bonchev–Trinajstić information content (AvgIpc) is 1.85. The Morgan fingerprint density at radius 1 is 1.70 bits per heavy atom. The molecule has 0 saturated carbocycles. The van der Waals surface area contributed by atoms with Gasteiger partial charge in [-0.1, -0.05) is 0 Å². The summed E-state index contributed by atoms with van der Waals surface area (Å²) in [5.41, 5.74) is 0. The Kier molecular flexibility index (Phi) is 4.27. The molecule has 0 atom stereocenters. The number of nitrogens with zero attached hydrogens (tertiary/aromatic N) is 1. The molecule has 0 rings (SSSR count). The van der Waals surface area contributed by atoms with Crippen LogP contribution in [0.1, 0.15) is 0 Å². The number of hydrogen-bond acceptors (Lipinski definition) is 1. The second-order valence-corrected chi connectivity index (χ2v) is 2.07. The fraction of sp³-hybridized carbons (Fsp3) is 0.800. The van der Waals surface area contributed by atoms with Crippen molar-refractivity contribution >= 4 is 17.5 Å². The van der Waals surface area contributed by atoms with Crippen molar-refractivity contribution in [2.45, 2.75) is 6.43 Å². The predicted octanol–water partition coefficient (Wildman–Crippen LogP) is 0.949. The van der Waals surface area contributed by atoms with Crippen LogP contribution in [0.25, 0.3) is 0 Å². The van der Waals surface area contributed by atoms with Crippen molar-refractivity contribution < 1.29 is 13.6 Å². The minimum Gasteiger partial charge on any atom is -0.339 e. The van der Waals surface area contributed by atoms with Crippen molar-refractivity contribution in [3.05, 3.63) is 0 Å². The van der Waals surface area contributed by atoms with E-state index < -0.39 is 18.9 Å². The highest BCUT2D eigenvalue weighted by molar-refractivity contribution is 6.27. The van der Waals surface area contributed by atoms with Crippen molar-refractivity contribution in [1.82, 2.24) is 4.90 Å². The highest BCUT2D eigenvalue weighted by Gasteiger charge is 2.11. The van der Waals surface area contributed by atoms with Crippen molar-refractivity contribution in [3.8, 4) is 0 Å². The van der Waals surface area contributed by atoms with Gasteiger partial charge in [-0.3, -0.25) is 4.79 Å². The maximum absolute atomic E-state index is 11.5. The van der Waals surface area contributed by atoms with E-state index in [0.29, 0.717) is 0 Å². The first-order valence-electron chi connectivity index (χ1n) is 2.66. The molecule has 2 nitrogen and oxygen atoms in total. The van der Waals surface area contributed by atoms with E-state index in [1.165, 1.54) is 7.05 Å². The number of hydrogen-bond donors (Lipinski definition) is 0. The lowest BCUT2D eigenvalue weighted by Gasteiger charge is -2.13. The molecule has 0 aliphatic heterocycles. The van der Waals surface area contributed by atoms with Gasteiger partial charge in [-0.15, -0.1) is 11.6 Å². The van der Waals surface area contributed by atoms with E-state index in [0.717, 1.165) is 4.90 Å². The Labute approximate surface area is 62.8 Å².